The molecule has 0 bridgehead atoms. The molecule has 0 saturated heterocycles. The Labute approximate surface area is 179 Å². The van der Waals surface area contributed by atoms with Crippen molar-refractivity contribution in [1.82, 2.24) is 9.55 Å². The number of rotatable bonds is 6. The fourth-order valence-corrected chi connectivity index (χ4v) is 4.71. The van der Waals surface area contributed by atoms with Crippen LogP contribution >= 0.6 is 11.3 Å². The summed E-state index contributed by atoms with van der Waals surface area (Å²) in [6.07, 6.45) is 1.79. The second-order valence-electron chi connectivity index (χ2n) is 7.05. The predicted octanol–water partition coefficient (Wildman–Crippen LogP) is 4.88. The summed E-state index contributed by atoms with van der Waals surface area (Å²) in [4.78, 5) is 34.1. The maximum absolute atomic E-state index is 13.3. The zero-order valence-corrected chi connectivity index (χ0v) is 17.9. The van der Waals surface area contributed by atoms with Gasteiger partial charge in [0.05, 0.1) is 11.7 Å². The predicted molar refractivity (Wildman–Crippen MR) is 123 cm³/mol. The van der Waals surface area contributed by atoms with E-state index in [0.29, 0.717) is 18.5 Å². The average Bonchev–Trinajstić information content (AvgIpc) is 3.12. The van der Waals surface area contributed by atoms with Crippen molar-refractivity contribution >= 4 is 33.1 Å². The number of carbonyl (C=O) groups excluding carboxylic acids is 1. The number of benzene rings is 2. The zero-order chi connectivity index (χ0) is 21.1. The second kappa shape index (κ2) is 8.63. The summed E-state index contributed by atoms with van der Waals surface area (Å²) in [5.74, 6) is -0.0134. The van der Waals surface area contributed by atoms with E-state index in [-0.39, 0.29) is 17.9 Å². The molecule has 30 heavy (non-hydrogen) atoms. The lowest BCUT2D eigenvalue weighted by atomic mass is 10.0. The van der Waals surface area contributed by atoms with Gasteiger partial charge in [-0.15, -0.1) is 11.3 Å². The monoisotopic (exact) mass is 417 g/mol. The van der Waals surface area contributed by atoms with Crippen LogP contribution in [0.2, 0.25) is 0 Å². The van der Waals surface area contributed by atoms with E-state index in [4.69, 9.17) is 0 Å². The highest BCUT2D eigenvalue weighted by Gasteiger charge is 2.18. The van der Waals surface area contributed by atoms with Gasteiger partial charge >= 0.3 is 0 Å². The van der Waals surface area contributed by atoms with E-state index < -0.39 is 0 Å². The van der Waals surface area contributed by atoms with Crippen molar-refractivity contribution in [3.05, 3.63) is 82.2 Å². The summed E-state index contributed by atoms with van der Waals surface area (Å²) in [5, 5.41) is 0.633. The van der Waals surface area contributed by atoms with E-state index in [0.717, 1.165) is 26.5 Å². The molecule has 4 aromatic rings. The topological polar surface area (TPSA) is 55.2 Å². The summed E-state index contributed by atoms with van der Waals surface area (Å²) in [7, 11) is 0. The molecule has 0 radical (unpaired) electrons. The number of thiophene rings is 1. The van der Waals surface area contributed by atoms with E-state index in [1.54, 1.807) is 15.8 Å². The average molecular weight is 418 g/mol. The van der Waals surface area contributed by atoms with Crippen LogP contribution in [0.3, 0.4) is 0 Å². The highest BCUT2D eigenvalue weighted by atomic mass is 32.1. The second-order valence-corrected chi connectivity index (χ2v) is 8.25. The summed E-state index contributed by atoms with van der Waals surface area (Å²) < 4.78 is 1.55. The van der Waals surface area contributed by atoms with E-state index >= 15 is 0 Å². The van der Waals surface area contributed by atoms with Gasteiger partial charge in [0.2, 0.25) is 5.91 Å². The molecule has 0 aliphatic rings. The lowest BCUT2D eigenvalue weighted by molar-refractivity contribution is -0.118. The summed E-state index contributed by atoms with van der Waals surface area (Å²) >= 11 is 1.53. The number of para-hydroxylation sites is 1. The zero-order valence-electron chi connectivity index (χ0n) is 17.0. The standard InChI is InChI=1S/C24H23N3O2S/c1-3-27(19-12-8-5-9-13-19)20(28)14-15-26-16-25-23-22(24(26)29)21(17(2)30-23)18-10-6-4-7-11-18/h4-13,16H,3,14-15H2,1-2H3. The van der Waals surface area contributed by atoms with E-state index in [9.17, 15) is 9.59 Å². The van der Waals surface area contributed by atoms with Gasteiger partial charge in [-0.2, -0.15) is 0 Å². The molecule has 5 nitrogen and oxygen atoms in total. The van der Waals surface area contributed by atoms with Crippen LogP contribution in [0.4, 0.5) is 5.69 Å². The molecule has 0 spiro atoms. The Morgan fingerprint density at radius 2 is 1.73 bits per heavy atom. The highest BCUT2D eigenvalue weighted by molar-refractivity contribution is 7.19. The minimum absolute atomic E-state index is 0.0134. The minimum atomic E-state index is -0.0984. The first kappa shape index (κ1) is 20.0. The number of nitrogens with zero attached hydrogens (tertiary/aromatic N) is 3. The molecular formula is C24H23N3O2S. The number of aromatic nitrogens is 2. The van der Waals surface area contributed by atoms with Crippen molar-refractivity contribution in [3.8, 4) is 11.1 Å². The van der Waals surface area contributed by atoms with Crippen molar-refractivity contribution in [1.29, 1.82) is 0 Å². The molecule has 0 N–H and O–H groups in total. The molecule has 2 heterocycles. The Kier molecular flexibility index (Phi) is 5.77. The number of carbonyl (C=O) groups is 1. The molecule has 0 atom stereocenters. The van der Waals surface area contributed by atoms with E-state index in [2.05, 4.69) is 4.98 Å². The molecule has 0 saturated carbocycles. The van der Waals surface area contributed by atoms with E-state index in [1.807, 2.05) is 74.5 Å². The molecule has 152 valence electrons. The van der Waals surface area contributed by atoms with Crippen LogP contribution in [-0.4, -0.2) is 22.0 Å². The SMILES string of the molecule is CCN(C(=O)CCn1cnc2sc(C)c(-c3ccccc3)c2c1=O)c1ccccc1. The van der Waals surface area contributed by atoms with Gasteiger partial charge in [0, 0.05) is 35.6 Å². The molecule has 4 rings (SSSR count). The summed E-state index contributed by atoms with van der Waals surface area (Å²) in [6, 6.07) is 19.5. The van der Waals surface area contributed by atoms with Crippen molar-refractivity contribution in [2.75, 3.05) is 11.4 Å². The summed E-state index contributed by atoms with van der Waals surface area (Å²) in [6.45, 7) is 4.84. The third-order valence-corrected chi connectivity index (χ3v) is 6.18. The Bertz CT molecular complexity index is 1230. The number of hydrogen-bond acceptors (Lipinski definition) is 4. The van der Waals surface area contributed by atoms with Gasteiger partial charge < -0.3 is 4.90 Å². The fraction of sp³-hybridized carbons (Fsp3) is 0.208. The summed E-state index contributed by atoms with van der Waals surface area (Å²) in [5.41, 5.74) is 2.72. The Balaban J connectivity index is 1.63. The van der Waals surface area contributed by atoms with Gasteiger partial charge in [-0.25, -0.2) is 4.98 Å². The quantitative estimate of drug-likeness (QED) is 0.449. The van der Waals surface area contributed by atoms with Crippen molar-refractivity contribution in [3.63, 3.8) is 0 Å². The first-order valence-electron chi connectivity index (χ1n) is 9.99. The molecule has 6 heteroatoms. The van der Waals surface area contributed by atoms with Crippen molar-refractivity contribution < 1.29 is 4.79 Å². The van der Waals surface area contributed by atoms with Crippen LogP contribution in [0.1, 0.15) is 18.2 Å². The van der Waals surface area contributed by atoms with Crippen LogP contribution in [0.15, 0.2) is 71.8 Å². The first-order chi connectivity index (χ1) is 14.6. The van der Waals surface area contributed by atoms with Gasteiger partial charge in [-0.3, -0.25) is 14.2 Å². The van der Waals surface area contributed by atoms with Gasteiger partial charge in [-0.05, 0) is 31.5 Å². The third-order valence-electron chi connectivity index (χ3n) is 5.17. The van der Waals surface area contributed by atoms with Crippen molar-refractivity contribution in [2.24, 2.45) is 0 Å². The number of anilines is 1. The molecular weight excluding hydrogens is 394 g/mol. The van der Waals surface area contributed by atoms with Crippen LogP contribution in [-0.2, 0) is 11.3 Å². The number of amides is 1. The number of fused-ring (bicyclic) bond motifs is 1. The Hall–Kier alpha value is -3.25. The van der Waals surface area contributed by atoms with Gasteiger partial charge in [-0.1, -0.05) is 48.5 Å². The van der Waals surface area contributed by atoms with Crippen LogP contribution in [0.25, 0.3) is 21.3 Å². The molecule has 2 aromatic heterocycles. The van der Waals surface area contributed by atoms with Gasteiger partial charge in [0.25, 0.3) is 5.56 Å². The molecule has 0 aliphatic carbocycles. The largest absolute Gasteiger partial charge is 0.313 e. The van der Waals surface area contributed by atoms with Crippen molar-refractivity contribution in [2.45, 2.75) is 26.8 Å². The maximum atomic E-state index is 13.3. The molecule has 0 unspecified atom stereocenters. The Morgan fingerprint density at radius 1 is 1.07 bits per heavy atom. The van der Waals surface area contributed by atoms with Crippen LogP contribution in [0, 0.1) is 6.92 Å². The van der Waals surface area contributed by atoms with Gasteiger partial charge in [0.15, 0.2) is 0 Å². The maximum Gasteiger partial charge on any atom is 0.262 e. The number of aryl methyl sites for hydroxylation is 2. The van der Waals surface area contributed by atoms with Crippen LogP contribution in [0.5, 0.6) is 0 Å². The van der Waals surface area contributed by atoms with E-state index in [1.165, 1.54) is 11.3 Å². The normalized spacial score (nSPS) is 11.0. The molecule has 0 aliphatic heterocycles. The smallest absolute Gasteiger partial charge is 0.262 e. The lowest BCUT2D eigenvalue weighted by Crippen LogP contribution is -2.32. The fourth-order valence-electron chi connectivity index (χ4n) is 3.71. The highest BCUT2D eigenvalue weighted by Crippen LogP contribution is 2.35. The lowest BCUT2D eigenvalue weighted by Gasteiger charge is -2.21. The van der Waals surface area contributed by atoms with Gasteiger partial charge in [0.1, 0.15) is 4.83 Å². The number of hydrogen-bond donors (Lipinski definition) is 0. The molecule has 1 amide bonds. The molecule has 0 fully saturated rings. The van der Waals surface area contributed by atoms with Crippen LogP contribution < -0.4 is 10.5 Å². The Morgan fingerprint density at radius 3 is 2.40 bits per heavy atom. The molecule has 2 aromatic carbocycles. The first-order valence-corrected chi connectivity index (χ1v) is 10.8. The minimum Gasteiger partial charge on any atom is -0.313 e. The third kappa shape index (κ3) is 3.78.